The molecule has 1 aromatic heterocycles. The minimum atomic E-state index is -0.427. The molecule has 0 aliphatic rings. The molecule has 0 aliphatic heterocycles. The quantitative estimate of drug-likeness (QED) is 0.853. The van der Waals surface area contributed by atoms with Crippen molar-refractivity contribution in [3.05, 3.63) is 45.9 Å². The molecule has 0 radical (unpaired) electrons. The Labute approximate surface area is 110 Å². The molecule has 2 aromatic rings. The van der Waals surface area contributed by atoms with E-state index in [1.165, 1.54) is 11.7 Å². The number of rotatable bonds is 3. The first-order valence-corrected chi connectivity index (χ1v) is 6.06. The Morgan fingerprint density at radius 2 is 2.11 bits per heavy atom. The van der Waals surface area contributed by atoms with Crippen LogP contribution >= 0.6 is 0 Å². The molecule has 5 nitrogen and oxygen atoms in total. The number of amides is 1. The van der Waals surface area contributed by atoms with E-state index >= 15 is 0 Å². The summed E-state index contributed by atoms with van der Waals surface area (Å²) in [5, 5.41) is 1.37. The van der Waals surface area contributed by atoms with Crippen molar-refractivity contribution in [3.63, 3.8) is 0 Å². The SMILES string of the molecule is CCn1c(C(=O)NOC)cc2ccc(C)cc2c1=O. The van der Waals surface area contributed by atoms with Crippen molar-refractivity contribution in [1.29, 1.82) is 0 Å². The number of hydrogen-bond acceptors (Lipinski definition) is 3. The summed E-state index contributed by atoms with van der Waals surface area (Å²) < 4.78 is 1.44. The monoisotopic (exact) mass is 260 g/mol. The molecule has 0 fully saturated rings. The summed E-state index contributed by atoms with van der Waals surface area (Å²) in [4.78, 5) is 28.9. The van der Waals surface area contributed by atoms with Crippen LogP contribution in [0, 0.1) is 6.92 Å². The van der Waals surface area contributed by atoms with E-state index in [0.717, 1.165) is 10.9 Å². The van der Waals surface area contributed by atoms with Crippen LogP contribution in [-0.2, 0) is 11.4 Å². The summed E-state index contributed by atoms with van der Waals surface area (Å²) >= 11 is 0. The predicted molar refractivity (Wildman–Crippen MR) is 73.1 cm³/mol. The number of carbonyl (C=O) groups excluding carboxylic acids is 1. The third kappa shape index (κ3) is 2.37. The average Bonchev–Trinajstić information content (AvgIpc) is 2.39. The third-order valence-electron chi connectivity index (χ3n) is 3.01. The Morgan fingerprint density at radius 1 is 1.37 bits per heavy atom. The number of hydrogen-bond donors (Lipinski definition) is 1. The van der Waals surface area contributed by atoms with Crippen LogP contribution in [0.5, 0.6) is 0 Å². The van der Waals surface area contributed by atoms with Crippen molar-refractivity contribution in [2.24, 2.45) is 0 Å². The van der Waals surface area contributed by atoms with Gasteiger partial charge in [0.25, 0.3) is 11.5 Å². The molecule has 100 valence electrons. The molecule has 0 aliphatic carbocycles. The Morgan fingerprint density at radius 3 is 2.74 bits per heavy atom. The van der Waals surface area contributed by atoms with E-state index < -0.39 is 5.91 Å². The number of pyridine rings is 1. The zero-order valence-electron chi connectivity index (χ0n) is 11.2. The maximum absolute atomic E-state index is 12.4. The molecule has 19 heavy (non-hydrogen) atoms. The summed E-state index contributed by atoms with van der Waals surface area (Å²) in [7, 11) is 1.36. The molecular weight excluding hydrogens is 244 g/mol. The molecule has 0 saturated carbocycles. The van der Waals surface area contributed by atoms with E-state index in [1.54, 1.807) is 6.07 Å². The summed E-state index contributed by atoms with van der Waals surface area (Å²) in [6.45, 7) is 4.18. The highest BCUT2D eigenvalue weighted by atomic mass is 16.6. The second-order valence-electron chi connectivity index (χ2n) is 4.31. The Kier molecular flexibility index (Phi) is 3.66. The Balaban J connectivity index is 2.75. The zero-order valence-corrected chi connectivity index (χ0v) is 11.2. The van der Waals surface area contributed by atoms with E-state index in [0.29, 0.717) is 17.6 Å². The van der Waals surface area contributed by atoms with Gasteiger partial charge in [0, 0.05) is 11.9 Å². The number of carbonyl (C=O) groups is 1. The number of nitrogens with zero attached hydrogens (tertiary/aromatic N) is 1. The molecular formula is C14H16N2O3. The minimum absolute atomic E-state index is 0.162. The standard InChI is InChI=1S/C14H16N2O3/c1-4-16-12(13(17)15-19-3)8-10-6-5-9(2)7-11(10)14(16)18/h5-8H,4H2,1-3H3,(H,15,17). The predicted octanol–water partition coefficient (Wildman–Crippen LogP) is 1.62. The molecule has 0 spiro atoms. The van der Waals surface area contributed by atoms with Gasteiger partial charge in [-0.05, 0) is 31.4 Å². The van der Waals surface area contributed by atoms with E-state index in [2.05, 4.69) is 10.3 Å². The topological polar surface area (TPSA) is 60.3 Å². The fraction of sp³-hybridized carbons (Fsp3) is 0.286. The fourth-order valence-corrected chi connectivity index (χ4v) is 2.11. The number of fused-ring (bicyclic) bond motifs is 1. The van der Waals surface area contributed by atoms with Gasteiger partial charge in [-0.1, -0.05) is 17.7 Å². The molecule has 0 atom stereocenters. The smallest absolute Gasteiger partial charge is 0.291 e. The molecule has 5 heteroatoms. The highest BCUT2D eigenvalue weighted by Gasteiger charge is 2.14. The first-order valence-electron chi connectivity index (χ1n) is 6.06. The van der Waals surface area contributed by atoms with Crippen LogP contribution < -0.4 is 11.0 Å². The van der Waals surface area contributed by atoms with Gasteiger partial charge in [-0.25, -0.2) is 5.48 Å². The normalized spacial score (nSPS) is 10.7. The van der Waals surface area contributed by atoms with Gasteiger partial charge < -0.3 is 4.57 Å². The third-order valence-corrected chi connectivity index (χ3v) is 3.01. The number of hydroxylamine groups is 1. The Bertz CT molecular complexity index is 689. The van der Waals surface area contributed by atoms with Crippen LogP contribution in [0.25, 0.3) is 10.8 Å². The zero-order chi connectivity index (χ0) is 14.0. The van der Waals surface area contributed by atoms with Crippen molar-refractivity contribution >= 4 is 16.7 Å². The summed E-state index contributed by atoms with van der Waals surface area (Å²) in [6.07, 6.45) is 0. The fourth-order valence-electron chi connectivity index (χ4n) is 2.11. The number of benzene rings is 1. The first-order chi connectivity index (χ1) is 9.08. The van der Waals surface area contributed by atoms with E-state index in [-0.39, 0.29) is 5.56 Å². The summed E-state index contributed by atoms with van der Waals surface area (Å²) in [5.74, 6) is -0.427. The molecule has 1 heterocycles. The van der Waals surface area contributed by atoms with Crippen LogP contribution in [0.15, 0.2) is 29.1 Å². The second kappa shape index (κ2) is 5.24. The maximum atomic E-state index is 12.4. The van der Waals surface area contributed by atoms with E-state index in [4.69, 9.17) is 0 Å². The van der Waals surface area contributed by atoms with Crippen molar-refractivity contribution in [2.45, 2.75) is 20.4 Å². The van der Waals surface area contributed by atoms with Gasteiger partial charge in [0.1, 0.15) is 5.69 Å². The van der Waals surface area contributed by atoms with Crippen LogP contribution in [0.4, 0.5) is 0 Å². The lowest BCUT2D eigenvalue weighted by Crippen LogP contribution is -2.31. The first kappa shape index (κ1) is 13.3. The van der Waals surface area contributed by atoms with Gasteiger partial charge in [0.05, 0.1) is 7.11 Å². The molecule has 1 N–H and O–H groups in total. The lowest BCUT2D eigenvalue weighted by atomic mass is 10.1. The van der Waals surface area contributed by atoms with Crippen molar-refractivity contribution in [2.75, 3.05) is 7.11 Å². The number of nitrogens with one attached hydrogen (secondary N) is 1. The average molecular weight is 260 g/mol. The molecule has 1 aromatic carbocycles. The summed E-state index contributed by atoms with van der Waals surface area (Å²) in [6, 6.07) is 7.29. The van der Waals surface area contributed by atoms with Gasteiger partial charge in [0.2, 0.25) is 0 Å². The molecule has 2 rings (SSSR count). The van der Waals surface area contributed by atoms with Crippen molar-refractivity contribution < 1.29 is 9.63 Å². The molecule has 0 saturated heterocycles. The number of aromatic nitrogens is 1. The van der Waals surface area contributed by atoms with Crippen LogP contribution in [0.1, 0.15) is 23.0 Å². The highest BCUT2D eigenvalue weighted by molar-refractivity contribution is 5.96. The Hall–Kier alpha value is -2.14. The maximum Gasteiger partial charge on any atom is 0.291 e. The molecule has 0 bridgehead atoms. The van der Waals surface area contributed by atoms with E-state index in [1.807, 2.05) is 32.0 Å². The lowest BCUT2D eigenvalue weighted by molar-refractivity contribution is 0.0527. The largest absolute Gasteiger partial charge is 0.304 e. The molecule has 1 amide bonds. The van der Waals surface area contributed by atoms with Crippen LogP contribution in [-0.4, -0.2) is 17.6 Å². The van der Waals surface area contributed by atoms with Crippen LogP contribution in [0.3, 0.4) is 0 Å². The van der Waals surface area contributed by atoms with Gasteiger partial charge in [-0.15, -0.1) is 0 Å². The minimum Gasteiger partial charge on any atom is -0.304 e. The van der Waals surface area contributed by atoms with Crippen molar-refractivity contribution in [1.82, 2.24) is 10.0 Å². The van der Waals surface area contributed by atoms with Gasteiger partial charge in [-0.2, -0.15) is 0 Å². The molecule has 0 unspecified atom stereocenters. The lowest BCUT2D eigenvalue weighted by Gasteiger charge is -2.12. The van der Waals surface area contributed by atoms with Gasteiger partial charge >= 0.3 is 0 Å². The van der Waals surface area contributed by atoms with Gasteiger partial charge in [-0.3, -0.25) is 14.4 Å². The van der Waals surface area contributed by atoms with E-state index in [9.17, 15) is 9.59 Å². The number of aryl methyl sites for hydroxylation is 1. The second-order valence-corrected chi connectivity index (χ2v) is 4.31. The van der Waals surface area contributed by atoms with Gasteiger partial charge in [0.15, 0.2) is 0 Å². The van der Waals surface area contributed by atoms with Crippen molar-refractivity contribution in [3.8, 4) is 0 Å². The van der Waals surface area contributed by atoms with Crippen LogP contribution in [0.2, 0.25) is 0 Å². The highest BCUT2D eigenvalue weighted by Crippen LogP contribution is 2.14. The summed E-state index contributed by atoms with van der Waals surface area (Å²) in [5.41, 5.74) is 3.39.